The summed E-state index contributed by atoms with van der Waals surface area (Å²) in [7, 11) is 1.37. The molecule has 0 aromatic heterocycles. The minimum Gasteiger partial charge on any atom is -0.494 e. The van der Waals surface area contributed by atoms with Gasteiger partial charge in [-0.25, -0.2) is 4.79 Å². The topological polar surface area (TPSA) is 81.9 Å². The molecule has 0 unspecified atom stereocenters. The molecule has 1 saturated heterocycles. The fourth-order valence-corrected chi connectivity index (χ4v) is 5.26. The van der Waals surface area contributed by atoms with Crippen molar-refractivity contribution in [2.24, 2.45) is 11.7 Å². The van der Waals surface area contributed by atoms with Crippen LogP contribution in [0, 0.1) is 5.92 Å². The first-order valence-corrected chi connectivity index (χ1v) is 12.5. The van der Waals surface area contributed by atoms with E-state index >= 15 is 0 Å². The first kappa shape index (κ1) is 25.5. The summed E-state index contributed by atoms with van der Waals surface area (Å²) in [6.07, 6.45) is 2.02. The molecule has 4 rings (SSSR count). The van der Waals surface area contributed by atoms with E-state index in [4.69, 9.17) is 15.2 Å². The number of nitrogens with zero attached hydrogens (tertiary/aromatic N) is 1. The molecule has 0 aliphatic carbocycles. The second-order valence-corrected chi connectivity index (χ2v) is 9.32. The number of benzene rings is 3. The molecule has 3 aromatic rings. The number of nitrogens with two attached hydrogens (primary N) is 1. The number of carbonyl (C=O) groups excluding carboxylic acids is 2. The molecule has 1 amide bonds. The van der Waals surface area contributed by atoms with Gasteiger partial charge in [0.2, 0.25) is 5.91 Å². The molecular formula is C30H34N2O4. The maximum Gasteiger partial charge on any atom is 0.337 e. The van der Waals surface area contributed by atoms with Crippen molar-refractivity contribution in [3.63, 3.8) is 0 Å². The van der Waals surface area contributed by atoms with Gasteiger partial charge in [-0.2, -0.15) is 0 Å². The zero-order valence-corrected chi connectivity index (χ0v) is 20.9. The third-order valence-electron chi connectivity index (χ3n) is 7.22. The van der Waals surface area contributed by atoms with Gasteiger partial charge in [0, 0.05) is 24.1 Å². The summed E-state index contributed by atoms with van der Waals surface area (Å²) in [5.74, 6) is 0.700. The van der Waals surface area contributed by atoms with Gasteiger partial charge in [0.05, 0.1) is 19.3 Å². The van der Waals surface area contributed by atoms with Crippen LogP contribution in [-0.2, 0) is 4.74 Å². The molecule has 1 aliphatic heterocycles. The summed E-state index contributed by atoms with van der Waals surface area (Å²) in [5.41, 5.74) is 9.01. The normalized spacial score (nSPS) is 18.5. The second-order valence-electron chi connectivity index (χ2n) is 9.32. The number of esters is 1. The lowest BCUT2D eigenvalue weighted by Crippen LogP contribution is -2.33. The Hall–Kier alpha value is -3.64. The van der Waals surface area contributed by atoms with Crippen LogP contribution < -0.4 is 10.5 Å². The van der Waals surface area contributed by atoms with Gasteiger partial charge in [0.25, 0.3) is 0 Å². The van der Waals surface area contributed by atoms with Gasteiger partial charge >= 0.3 is 5.97 Å². The minimum absolute atomic E-state index is 0.248. The summed E-state index contributed by atoms with van der Waals surface area (Å²) in [5, 5.41) is 0. The smallest absolute Gasteiger partial charge is 0.337 e. The molecule has 0 saturated carbocycles. The first-order chi connectivity index (χ1) is 17.5. The van der Waals surface area contributed by atoms with Gasteiger partial charge in [-0.15, -0.1) is 0 Å². The number of hydrogen-bond acceptors (Lipinski definition) is 5. The summed E-state index contributed by atoms with van der Waals surface area (Å²) in [6, 6.07) is 25.8. The maximum absolute atomic E-state index is 11.6. The number of rotatable bonds is 10. The number of amides is 1. The molecule has 1 aliphatic rings. The van der Waals surface area contributed by atoms with Gasteiger partial charge in [-0.05, 0) is 79.8 Å². The van der Waals surface area contributed by atoms with Crippen LogP contribution in [0.2, 0.25) is 0 Å². The lowest BCUT2D eigenvalue weighted by molar-refractivity contribution is 0.0600. The fourth-order valence-electron chi connectivity index (χ4n) is 5.26. The van der Waals surface area contributed by atoms with Crippen LogP contribution in [0.5, 0.6) is 5.75 Å². The average molecular weight is 487 g/mol. The molecule has 1 fully saturated rings. The van der Waals surface area contributed by atoms with Crippen LogP contribution in [0.4, 0.5) is 0 Å². The van der Waals surface area contributed by atoms with Gasteiger partial charge < -0.3 is 20.1 Å². The van der Waals surface area contributed by atoms with E-state index in [1.807, 2.05) is 30.3 Å². The van der Waals surface area contributed by atoms with Crippen molar-refractivity contribution in [3.05, 3.63) is 101 Å². The van der Waals surface area contributed by atoms with Crippen molar-refractivity contribution in [3.8, 4) is 5.75 Å². The summed E-state index contributed by atoms with van der Waals surface area (Å²) < 4.78 is 10.6. The summed E-state index contributed by atoms with van der Waals surface area (Å²) >= 11 is 0. The van der Waals surface area contributed by atoms with Gasteiger partial charge in [-0.3, -0.25) is 4.79 Å². The van der Waals surface area contributed by atoms with Crippen LogP contribution >= 0.6 is 0 Å². The molecule has 6 heteroatoms. The number of likely N-dealkylation sites (tertiary alicyclic amines) is 1. The highest BCUT2D eigenvalue weighted by atomic mass is 16.5. The predicted molar refractivity (Wildman–Crippen MR) is 140 cm³/mol. The van der Waals surface area contributed by atoms with E-state index in [1.165, 1.54) is 18.2 Å². The Labute approximate surface area is 213 Å². The van der Waals surface area contributed by atoms with E-state index in [9.17, 15) is 9.59 Å². The van der Waals surface area contributed by atoms with Crippen LogP contribution in [-0.4, -0.2) is 49.6 Å². The number of methoxy groups -OCH3 is 1. The first-order valence-electron chi connectivity index (χ1n) is 12.5. The van der Waals surface area contributed by atoms with E-state index in [1.54, 1.807) is 24.3 Å². The molecule has 3 aromatic carbocycles. The van der Waals surface area contributed by atoms with E-state index in [2.05, 4.69) is 36.1 Å². The number of ether oxygens (including phenoxy) is 2. The SMILES string of the molecule is COC(=O)c1ccc(OCCCN2CC[C@@H]([C@@H](c3ccccc3)c3ccc(C(N)=O)cc3)[C@@H]2C)cc1. The lowest BCUT2D eigenvalue weighted by Gasteiger charge is -2.31. The third kappa shape index (κ3) is 5.94. The molecule has 6 nitrogen and oxygen atoms in total. The van der Waals surface area contributed by atoms with Crippen LogP contribution in [0.3, 0.4) is 0 Å². The van der Waals surface area contributed by atoms with Crippen molar-refractivity contribution >= 4 is 11.9 Å². The third-order valence-corrected chi connectivity index (χ3v) is 7.22. The van der Waals surface area contributed by atoms with E-state index < -0.39 is 5.91 Å². The molecule has 2 N–H and O–H groups in total. The molecule has 3 atom stereocenters. The van der Waals surface area contributed by atoms with Crippen LogP contribution in [0.15, 0.2) is 78.9 Å². The predicted octanol–water partition coefficient (Wildman–Crippen LogP) is 4.88. The Morgan fingerprint density at radius 2 is 1.58 bits per heavy atom. The van der Waals surface area contributed by atoms with Crippen LogP contribution in [0.1, 0.15) is 57.5 Å². The zero-order chi connectivity index (χ0) is 25.5. The molecule has 0 bridgehead atoms. The van der Waals surface area contributed by atoms with Crippen molar-refractivity contribution in [2.75, 3.05) is 26.8 Å². The molecule has 0 spiro atoms. The average Bonchev–Trinajstić information content (AvgIpc) is 3.27. The number of hydrogen-bond donors (Lipinski definition) is 1. The monoisotopic (exact) mass is 486 g/mol. The highest BCUT2D eigenvalue weighted by Crippen LogP contribution is 2.41. The highest BCUT2D eigenvalue weighted by Gasteiger charge is 2.37. The fraction of sp³-hybridized carbons (Fsp3) is 0.333. The Balaban J connectivity index is 1.37. The lowest BCUT2D eigenvalue weighted by atomic mass is 9.77. The highest BCUT2D eigenvalue weighted by molar-refractivity contribution is 5.92. The van der Waals surface area contributed by atoms with Gasteiger partial charge in [0.1, 0.15) is 5.75 Å². The van der Waals surface area contributed by atoms with Gasteiger partial charge in [0.15, 0.2) is 0 Å². The standard InChI is InChI=1S/C30H34N2O4/c1-21-27(28(22-7-4-3-5-8-22)23-9-11-24(12-10-23)29(31)33)17-19-32(21)18-6-20-36-26-15-13-25(14-16-26)30(34)35-2/h3-5,7-16,21,27-28H,6,17-20H2,1-2H3,(H2,31,33)/t21-,27+,28-/m0/s1. The Morgan fingerprint density at radius 1 is 0.944 bits per heavy atom. The van der Waals surface area contributed by atoms with Crippen molar-refractivity contribution in [1.82, 2.24) is 4.90 Å². The van der Waals surface area contributed by atoms with Crippen molar-refractivity contribution in [1.29, 1.82) is 0 Å². The summed E-state index contributed by atoms with van der Waals surface area (Å²) in [6.45, 7) is 4.93. The molecule has 188 valence electrons. The number of primary amides is 1. The van der Waals surface area contributed by atoms with Crippen molar-refractivity contribution < 1.29 is 19.1 Å². The zero-order valence-electron chi connectivity index (χ0n) is 20.9. The molecule has 36 heavy (non-hydrogen) atoms. The second kappa shape index (κ2) is 11.9. The van der Waals surface area contributed by atoms with E-state index in [0.717, 1.165) is 31.7 Å². The quantitative estimate of drug-likeness (QED) is 0.326. The Bertz CT molecular complexity index is 1150. The molecular weight excluding hydrogens is 452 g/mol. The maximum atomic E-state index is 11.6. The largest absolute Gasteiger partial charge is 0.494 e. The van der Waals surface area contributed by atoms with E-state index in [0.29, 0.717) is 29.7 Å². The van der Waals surface area contributed by atoms with Crippen molar-refractivity contribution in [2.45, 2.75) is 31.7 Å². The van der Waals surface area contributed by atoms with Gasteiger partial charge in [-0.1, -0.05) is 42.5 Å². The molecule has 1 heterocycles. The number of carbonyl (C=O) groups is 2. The van der Waals surface area contributed by atoms with Crippen LogP contribution in [0.25, 0.3) is 0 Å². The molecule has 0 radical (unpaired) electrons. The Morgan fingerprint density at radius 3 is 2.22 bits per heavy atom. The van der Waals surface area contributed by atoms with E-state index in [-0.39, 0.29) is 11.9 Å². The minimum atomic E-state index is -0.403. The Kier molecular flexibility index (Phi) is 8.39. The summed E-state index contributed by atoms with van der Waals surface area (Å²) in [4.78, 5) is 25.7.